The summed E-state index contributed by atoms with van der Waals surface area (Å²) < 4.78 is 55.2. The summed E-state index contributed by atoms with van der Waals surface area (Å²) in [4.78, 5) is 4.27. The van der Waals surface area contributed by atoms with Crippen molar-refractivity contribution in [1.29, 1.82) is 0 Å². The molecule has 1 aromatic carbocycles. The number of nitrogens with two attached hydrogens (primary N) is 1. The zero-order valence-corrected chi connectivity index (χ0v) is 17.5. The fourth-order valence-corrected chi connectivity index (χ4v) is 4.59. The van der Waals surface area contributed by atoms with Crippen molar-refractivity contribution >= 4 is 25.5 Å². The molecule has 0 aliphatic carbocycles. The Kier molecular flexibility index (Phi) is 4.77. The van der Waals surface area contributed by atoms with E-state index in [1.807, 2.05) is 0 Å². The Morgan fingerprint density at radius 1 is 1.11 bits per heavy atom. The number of aromatic nitrogens is 2. The second kappa shape index (κ2) is 6.57. The molecule has 3 aromatic rings. The first-order valence-electron chi connectivity index (χ1n) is 8.29. The highest BCUT2D eigenvalue weighted by Gasteiger charge is 2.34. The number of benzene rings is 1. The van der Waals surface area contributed by atoms with Gasteiger partial charge in [-0.15, -0.1) is 0 Å². The van der Waals surface area contributed by atoms with Gasteiger partial charge in [-0.2, -0.15) is 0 Å². The first kappa shape index (κ1) is 20.3. The van der Waals surface area contributed by atoms with Crippen molar-refractivity contribution in [3.05, 3.63) is 42.7 Å². The number of sulfonamides is 1. The minimum Gasteiger partial charge on any atom is -0.495 e. The summed E-state index contributed by atoms with van der Waals surface area (Å²) in [6.07, 6.45) is 2.98. The largest absolute Gasteiger partial charge is 0.495 e. The number of pyridine rings is 1. The third-order valence-electron chi connectivity index (χ3n) is 4.35. The monoisotopic (exact) mass is 423 g/mol. The van der Waals surface area contributed by atoms with E-state index in [0.29, 0.717) is 16.9 Å². The van der Waals surface area contributed by atoms with Gasteiger partial charge in [0.2, 0.25) is 10.0 Å². The van der Waals surface area contributed by atoms with Gasteiger partial charge in [-0.3, -0.25) is 4.40 Å². The Morgan fingerprint density at radius 3 is 2.36 bits per heavy atom. The first-order valence-corrected chi connectivity index (χ1v) is 11.3. The maximum absolute atomic E-state index is 13.0. The van der Waals surface area contributed by atoms with E-state index in [9.17, 15) is 16.8 Å². The second-order valence-corrected chi connectivity index (χ2v) is 11.5. The third-order valence-corrected chi connectivity index (χ3v) is 7.76. The Bertz CT molecular complexity index is 1270. The van der Waals surface area contributed by atoms with Crippen LogP contribution in [-0.2, 0) is 19.9 Å². The Hall–Kier alpha value is -2.43. The maximum Gasteiger partial charge on any atom is 0.238 e. The summed E-state index contributed by atoms with van der Waals surface area (Å²) >= 11 is 0. The van der Waals surface area contributed by atoms with Crippen molar-refractivity contribution in [3.63, 3.8) is 0 Å². The van der Waals surface area contributed by atoms with Crippen LogP contribution in [0.1, 0.15) is 20.8 Å². The molecule has 0 amide bonds. The van der Waals surface area contributed by atoms with Gasteiger partial charge >= 0.3 is 0 Å². The zero-order valence-electron chi connectivity index (χ0n) is 15.9. The normalized spacial score (nSPS) is 13.0. The van der Waals surface area contributed by atoms with Gasteiger partial charge in [0, 0.05) is 17.8 Å². The average Bonchev–Trinajstić information content (AvgIpc) is 3.01. The maximum atomic E-state index is 13.0. The lowest BCUT2D eigenvalue weighted by Crippen LogP contribution is -2.28. The molecule has 3 rings (SSSR count). The van der Waals surface area contributed by atoms with E-state index in [1.54, 1.807) is 37.3 Å². The number of rotatable bonds is 4. The van der Waals surface area contributed by atoms with E-state index in [1.165, 1.54) is 37.7 Å². The molecular weight excluding hydrogens is 402 g/mol. The molecule has 0 saturated carbocycles. The van der Waals surface area contributed by atoms with Gasteiger partial charge in [-0.1, -0.05) is 12.1 Å². The number of imidazole rings is 1. The van der Waals surface area contributed by atoms with E-state index < -0.39 is 24.6 Å². The minimum absolute atomic E-state index is 0.0249. The minimum atomic E-state index is -3.88. The van der Waals surface area contributed by atoms with Crippen LogP contribution in [0.2, 0.25) is 0 Å². The SMILES string of the molecule is COc1cc2ncc(-c3cccc(S(N)(=O)=O)c3)n2cc1S(=O)(=O)C(C)(C)C. The van der Waals surface area contributed by atoms with Gasteiger partial charge in [0.05, 0.1) is 28.6 Å². The number of hydrogen-bond donors (Lipinski definition) is 1. The summed E-state index contributed by atoms with van der Waals surface area (Å²) in [5.74, 6) is 0.192. The molecule has 8 nitrogen and oxygen atoms in total. The molecule has 0 bridgehead atoms. The molecule has 28 heavy (non-hydrogen) atoms. The molecule has 2 heterocycles. The highest BCUT2D eigenvalue weighted by atomic mass is 32.2. The lowest BCUT2D eigenvalue weighted by Gasteiger charge is -2.21. The molecule has 0 radical (unpaired) electrons. The van der Waals surface area contributed by atoms with Gasteiger partial charge in [-0.05, 0) is 32.9 Å². The molecule has 10 heteroatoms. The number of sulfone groups is 1. The molecule has 0 aliphatic heterocycles. The summed E-state index contributed by atoms with van der Waals surface area (Å²) in [5, 5.41) is 5.21. The molecule has 0 aliphatic rings. The summed E-state index contributed by atoms with van der Waals surface area (Å²) in [6.45, 7) is 4.82. The highest BCUT2D eigenvalue weighted by Crippen LogP contribution is 2.34. The highest BCUT2D eigenvalue weighted by molar-refractivity contribution is 7.92. The topological polar surface area (TPSA) is 121 Å². The lowest BCUT2D eigenvalue weighted by atomic mass is 10.2. The fraction of sp³-hybridized carbons (Fsp3) is 0.278. The van der Waals surface area contributed by atoms with Crippen molar-refractivity contribution in [2.45, 2.75) is 35.3 Å². The molecular formula is C18H21N3O5S2. The van der Waals surface area contributed by atoms with Gasteiger partial charge in [0.1, 0.15) is 16.3 Å². The van der Waals surface area contributed by atoms with Crippen LogP contribution in [0.15, 0.2) is 52.5 Å². The van der Waals surface area contributed by atoms with Gasteiger partial charge in [-0.25, -0.2) is 27.0 Å². The molecule has 150 valence electrons. The molecule has 0 spiro atoms. The molecule has 0 atom stereocenters. The van der Waals surface area contributed by atoms with Crippen molar-refractivity contribution in [2.75, 3.05) is 7.11 Å². The number of methoxy groups -OCH3 is 1. The van der Waals surface area contributed by atoms with Gasteiger partial charge in [0.15, 0.2) is 9.84 Å². The number of nitrogens with zero attached hydrogens (tertiary/aromatic N) is 2. The van der Waals surface area contributed by atoms with Crippen LogP contribution >= 0.6 is 0 Å². The van der Waals surface area contributed by atoms with Crippen molar-refractivity contribution in [2.24, 2.45) is 5.14 Å². The molecule has 2 aromatic heterocycles. The summed E-state index contributed by atoms with van der Waals surface area (Å²) in [5.41, 5.74) is 1.51. The Balaban J connectivity index is 2.30. The van der Waals surface area contributed by atoms with E-state index in [2.05, 4.69) is 4.98 Å². The summed E-state index contributed by atoms with van der Waals surface area (Å²) in [7, 11) is -6.19. The van der Waals surface area contributed by atoms with E-state index in [4.69, 9.17) is 9.88 Å². The van der Waals surface area contributed by atoms with Crippen LogP contribution < -0.4 is 9.88 Å². The Morgan fingerprint density at radius 2 is 1.79 bits per heavy atom. The van der Waals surface area contributed by atoms with Crippen LogP contribution in [0.25, 0.3) is 16.9 Å². The Labute approximate surface area is 163 Å². The van der Waals surface area contributed by atoms with Crippen molar-refractivity contribution < 1.29 is 21.6 Å². The van der Waals surface area contributed by atoms with E-state index >= 15 is 0 Å². The van der Waals surface area contributed by atoms with Crippen LogP contribution in [0, 0.1) is 0 Å². The first-order chi connectivity index (χ1) is 12.9. The van der Waals surface area contributed by atoms with Crippen LogP contribution in [0.3, 0.4) is 0 Å². The fourth-order valence-electron chi connectivity index (χ4n) is 2.72. The van der Waals surface area contributed by atoms with Crippen LogP contribution in [-0.4, -0.2) is 38.1 Å². The second-order valence-electron chi connectivity index (χ2n) is 7.27. The predicted octanol–water partition coefficient (Wildman–Crippen LogP) is 2.23. The number of hydrogen-bond acceptors (Lipinski definition) is 6. The lowest BCUT2D eigenvalue weighted by molar-refractivity contribution is 0.401. The molecule has 0 unspecified atom stereocenters. The molecule has 0 fully saturated rings. The van der Waals surface area contributed by atoms with Crippen molar-refractivity contribution in [1.82, 2.24) is 9.38 Å². The predicted molar refractivity (Wildman–Crippen MR) is 105 cm³/mol. The molecule has 0 saturated heterocycles. The van der Waals surface area contributed by atoms with Crippen LogP contribution in [0.4, 0.5) is 0 Å². The third kappa shape index (κ3) is 3.38. The van der Waals surface area contributed by atoms with E-state index in [-0.39, 0.29) is 15.5 Å². The standard InChI is InChI=1S/C18H21N3O5S2/c1-18(2,3)27(22,23)16-11-21-14(10-20-17(21)9-15(16)26-4)12-6-5-7-13(8-12)28(19,24)25/h5-11H,1-4H3,(H2,19,24,25). The van der Waals surface area contributed by atoms with Crippen molar-refractivity contribution in [3.8, 4) is 17.0 Å². The summed E-state index contributed by atoms with van der Waals surface area (Å²) in [6, 6.07) is 7.60. The van der Waals surface area contributed by atoms with Gasteiger partial charge < -0.3 is 4.74 Å². The van der Waals surface area contributed by atoms with Gasteiger partial charge in [0.25, 0.3) is 0 Å². The van der Waals surface area contributed by atoms with Crippen LogP contribution in [0.5, 0.6) is 5.75 Å². The number of fused-ring (bicyclic) bond motifs is 1. The zero-order chi connectivity index (χ0) is 20.9. The molecule has 2 N–H and O–H groups in total. The quantitative estimate of drug-likeness (QED) is 0.687. The number of primary sulfonamides is 1. The number of ether oxygens (including phenoxy) is 1. The van der Waals surface area contributed by atoms with E-state index in [0.717, 1.165) is 0 Å². The smallest absolute Gasteiger partial charge is 0.238 e. The average molecular weight is 424 g/mol.